The van der Waals surface area contributed by atoms with Crippen molar-refractivity contribution in [2.24, 2.45) is 10.7 Å². The van der Waals surface area contributed by atoms with E-state index in [2.05, 4.69) is 15.6 Å². The van der Waals surface area contributed by atoms with Crippen molar-refractivity contribution in [1.29, 1.82) is 0 Å². The smallest absolute Gasteiger partial charge is 0.196 e. The van der Waals surface area contributed by atoms with Crippen LogP contribution < -0.4 is 21.3 Å². The van der Waals surface area contributed by atoms with E-state index in [9.17, 15) is 0 Å². The minimum absolute atomic E-state index is 0.249. The van der Waals surface area contributed by atoms with E-state index < -0.39 is 0 Å². The van der Waals surface area contributed by atoms with Crippen LogP contribution in [-0.4, -0.2) is 24.2 Å². The summed E-state index contributed by atoms with van der Waals surface area (Å²) in [6, 6.07) is 13.5. The van der Waals surface area contributed by atoms with Crippen molar-refractivity contribution in [3.63, 3.8) is 0 Å². The van der Waals surface area contributed by atoms with E-state index in [1.54, 1.807) is 17.0 Å². The van der Waals surface area contributed by atoms with Gasteiger partial charge in [-0.25, -0.2) is 0 Å². The summed E-state index contributed by atoms with van der Waals surface area (Å²) in [5, 5.41) is 7.41. The van der Waals surface area contributed by atoms with Crippen molar-refractivity contribution < 1.29 is 0 Å². The first kappa shape index (κ1) is 17.8. The molecule has 1 aliphatic heterocycles. The number of hydrogen-bond acceptors (Lipinski definition) is 4. The second-order valence-corrected chi connectivity index (χ2v) is 6.71. The molecule has 1 aliphatic rings. The summed E-state index contributed by atoms with van der Waals surface area (Å²) in [6.45, 7) is 2.05. The number of nitrogens with one attached hydrogen (secondary N) is 2. The van der Waals surface area contributed by atoms with Crippen LogP contribution in [-0.2, 0) is 6.54 Å². The van der Waals surface area contributed by atoms with Gasteiger partial charge in [-0.05, 0) is 29.9 Å². The molecule has 25 heavy (non-hydrogen) atoms. The molecule has 3 rings (SSSR count). The molecule has 0 spiro atoms. The van der Waals surface area contributed by atoms with Crippen LogP contribution >= 0.6 is 35.4 Å². The predicted octanol–water partition coefficient (Wildman–Crippen LogP) is 3.61. The Morgan fingerprint density at radius 1 is 1.24 bits per heavy atom. The summed E-state index contributed by atoms with van der Waals surface area (Å²) in [6.07, 6.45) is 0. The van der Waals surface area contributed by atoms with Crippen molar-refractivity contribution in [3.05, 3.63) is 58.1 Å². The lowest BCUT2D eigenvalue weighted by molar-refractivity contribution is 0.959. The standard InChI is InChI=1S/C17H17Cl2N5S/c18-13-8-12(9-14(19)15(13)23-17-21-6-7-22-17)24(16(20)25)10-11-4-2-1-3-5-11/h1-5,8-9H,6-7,10H2,(H2,20,25)(H2,21,22,23). The number of rotatable bonds is 4. The number of anilines is 2. The molecule has 130 valence electrons. The Bertz CT molecular complexity index is 787. The first-order chi connectivity index (χ1) is 12.0. The van der Waals surface area contributed by atoms with Crippen molar-refractivity contribution >= 4 is 57.9 Å². The second-order valence-electron chi connectivity index (χ2n) is 5.48. The highest BCUT2D eigenvalue weighted by Crippen LogP contribution is 2.35. The fourth-order valence-electron chi connectivity index (χ4n) is 2.50. The first-order valence-electron chi connectivity index (χ1n) is 7.70. The number of nitrogens with two attached hydrogens (primary N) is 1. The highest BCUT2D eigenvalue weighted by Gasteiger charge is 2.17. The molecule has 4 N–H and O–H groups in total. The number of hydrogen-bond donors (Lipinski definition) is 3. The fraction of sp³-hybridized carbons (Fsp3) is 0.176. The molecule has 0 saturated carbocycles. The summed E-state index contributed by atoms with van der Waals surface area (Å²) < 4.78 is 0. The van der Waals surface area contributed by atoms with Crippen LogP contribution in [0, 0.1) is 0 Å². The molecule has 8 heteroatoms. The van der Waals surface area contributed by atoms with Crippen LogP contribution in [0.3, 0.4) is 0 Å². The van der Waals surface area contributed by atoms with Crippen LogP contribution in [0.25, 0.3) is 0 Å². The quantitative estimate of drug-likeness (QED) is 0.692. The second kappa shape index (κ2) is 7.91. The molecule has 0 unspecified atom stereocenters. The summed E-state index contributed by atoms with van der Waals surface area (Å²) >= 11 is 18.1. The SMILES string of the molecule is NC(=S)N(Cc1ccccc1)c1cc(Cl)c(NC2=NCCN2)c(Cl)c1. The van der Waals surface area contributed by atoms with Crippen LogP contribution in [0.4, 0.5) is 11.4 Å². The Hall–Kier alpha value is -2.02. The molecule has 2 aromatic rings. The maximum absolute atomic E-state index is 6.42. The van der Waals surface area contributed by atoms with Gasteiger partial charge in [-0.3, -0.25) is 4.99 Å². The zero-order valence-corrected chi connectivity index (χ0v) is 15.6. The minimum atomic E-state index is 0.249. The Morgan fingerprint density at radius 3 is 2.48 bits per heavy atom. The summed E-state index contributed by atoms with van der Waals surface area (Å²) in [4.78, 5) is 6.07. The Morgan fingerprint density at radius 2 is 1.92 bits per heavy atom. The van der Waals surface area contributed by atoms with E-state index in [-0.39, 0.29) is 5.11 Å². The number of nitrogens with zero attached hydrogens (tertiary/aromatic N) is 2. The van der Waals surface area contributed by atoms with Crippen molar-refractivity contribution in [2.75, 3.05) is 23.3 Å². The number of guanidine groups is 1. The first-order valence-corrected chi connectivity index (χ1v) is 8.86. The molecule has 0 fully saturated rings. The molecule has 0 atom stereocenters. The Balaban J connectivity index is 1.88. The van der Waals surface area contributed by atoms with Crippen molar-refractivity contribution in [2.45, 2.75) is 6.54 Å². The third-order valence-corrected chi connectivity index (χ3v) is 4.52. The molecule has 0 amide bonds. The normalized spacial score (nSPS) is 13.1. The van der Waals surface area contributed by atoms with Crippen LogP contribution in [0.15, 0.2) is 47.5 Å². The van der Waals surface area contributed by atoms with Gasteiger partial charge < -0.3 is 21.3 Å². The largest absolute Gasteiger partial charge is 0.376 e. The molecule has 1 heterocycles. The van der Waals surface area contributed by atoms with Gasteiger partial charge in [0.15, 0.2) is 11.1 Å². The van der Waals surface area contributed by atoms with Gasteiger partial charge in [0.1, 0.15) is 0 Å². The predicted molar refractivity (Wildman–Crippen MR) is 110 cm³/mol. The highest BCUT2D eigenvalue weighted by molar-refractivity contribution is 7.80. The third kappa shape index (κ3) is 4.34. The lowest BCUT2D eigenvalue weighted by atomic mass is 10.2. The molecular weight excluding hydrogens is 377 g/mol. The Kier molecular flexibility index (Phi) is 5.63. The molecule has 0 aliphatic carbocycles. The zero-order chi connectivity index (χ0) is 17.8. The van der Waals surface area contributed by atoms with Gasteiger partial charge in [0.25, 0.3) is 0 Å². The van der Waals surface area contributed by atoms with Gasteiger partial charge in [0.05, 0.1) is 28.8 Å². The average Bonchev–Trinajstić information content (AvgIpc) is 3.09. The van der Waals surface area contributed by atoms with Gasteiger partial charge in [0.2, 0.25) is 0 Å². The molecular formula is C17H17Cl2N5S. The number of aliphatic imine (C=N–C) groups is 1. The van der Waals surface area contributed by atoms with E-state index in [0.717, 1.165) is 24.3 Å². The van der Waals surface area contributed by atoms with E-state index >= 15 is 0 Å². The molecule has 0 bridgehead atoms. The monoisotopic (exact) mass is 393 g/mol. The van der Waals surface area contributed by atoms with E-state index in [1.165, 1.54) is 0 Å². The third-order valence-electron chi connectivity index (χ3n) is 3.71. The zero-order valence-electron chi connectivity index (χ0n) is 13.3. The van der Waals surface area contributed by atoms with Crippen molar-refractivity contribution in [1.82, 2.24) is 5.32 Å². The molecule has 0 radical (unpaired) electrons. The van der Waals surface area contributed by atoms with E-state index in [4.69, 9.17) is 41.2 Å². The van der Waals surface area contributed by atoms with Gasteiger partial charge in [-0.15, -0.1) is 0 Å². The summed E-state index contributed by atoms with van der Waals surface area (Å²) in [5.74, 6) is 0.659. The van der Waals surface area contributed by atoms with Crippen LogP contribution in [0.2, 0.25) is 10.0 Å². The number of thiocarbonyl (C=S) groups is 1. The maximum atomic E-state index is 6.42. The highest BCUT2D eigenvalue weighted by atomic mass is 35.5. The fourth-order valence-corrected chi connectivity index (χ4v) is 3.24. The number of benzene rings is 2. The molecule has 0 saturated heterocycles. The van der Waals surface area contributed by atoms with Gasteiger partial charge in [-0.2, -0.15) is 0 Å². The van der Waals surface area contributed by atoms with Gasteiger partial charge >= 0.3 is 0 Å². The molecule has 2 aromatic carbocycles. The summed E-state index contributed by atoms with van der Waals surface area (Å²) in [7, 11) is 0. The minimum Gasteiger partial charge on any atom is -0.376 e. The van der Waals surface area contributed by atoms with Crippen LogP contribution in [0.1, 0.15) is 5.56 Å². The van der Waals surface area contributed by atoms with Gasteiger partial charge in [-0.1, -0.05) is 53.5 Å². The Labute approximate surface area is 161 Å². The van der Waals surface area contributed by atoms with E-state index in [0.29, 0.717) is 28.2 Å². The van der Waals surface area contributed by atoms with E-state index in [1.807, 2.05) is 30.3 Å². The lowest BCUT2D eigenvalue weighted by Crippen LogP contribution is -2.35. The van der Waals surface area contributed by atoms with Crippen LogP contribution in [0.5, 0.6) is 0 Å². The molecule has 0 aromatic heterocycles. The lowest BCUT2D eigenvalue weighted by Gasteiger charge is -2.24. The number of halogens is 2. The van der Waals surface area contributed by atoms with Crippen molar-refractivity contribution in [3.8, 4) is 0 Å². The molecule has 5 nitrogen and oxygen atoms in total. The van der Waals surface area contributed by atoms with Gasteiger partial charge in [0, 0.05) is 12.2 Å². The summed E-state index contributed by atoms with van der Waals surface area (Å²) in [5.41, 5.74) is 8.33. The maximum Gasteiger partial charge on any atom is 0.196 e. The average molecular weight is 394 g/mol. The topological polar surface area (TPSA) is 65.7 Å².